The SMILES string of the molecule is O=C(NCC1CCCN1)C1(Cc2ccccc2)CCC1. The maximum atomic E-state index is 12.6. The molecule has 0 aromatic heterocycles. The summed E-state index contributed by atoms with van der Waals surface area (Å²) < 4.78 is 0. The minimum absolute atomic E-state index is 0.139. The smallest absolute Gasteiger partial charge is 0.226 e. The van der Waals surface area contributed by atoms with Gasteiger partial charge >= 0.3 is 0 Å². The average Bonchev–Trinajstić information content (AvgIpc) is 2.94. The van der Waals surface area contributed by atoms with Crippen LogP contribution in [0.15, 0.2) is 30.3 Å². The van der Waals surface area contributed by atoms with Gasteiger partial charge in [0.25, 0.3) is 0 Å². The van der Waals surface area contributed by atoms with E-state index in [4.69, 9.17) is 0 Å². The fourth-order valence-electron chi connectivity index (χ4n) is 3.41. The monoisotopic (exact) mass is 272 g/mol. The molecule has 1 atom stereocenters. The van der Waals surface area contributed by atoms with Crippen LogP contribution in [0.25, 0.3) is 0 Å². The van der Waals surface area contributed by atoms with Crippen molar-refractivity contribution in [2.45, 2.75) is 44.6 Å². The van der Waals surface area contributed by atoms with Crippen molar-refractivity contribution in [3.63, 3.8) is 0 Å². The molecule has 1 aliphatic carbocycles. The van der Waals surface area contributed by atoms with E-state index in [1.807, 2.05) is 6.07 Å². The Morgan fingerprint density at radius 3 is 2.65 bits per heavy atom. The maximum absolute atomic E-state index is 12.6. The number of rotatable bonds is 5. The number of carbonyl (C=O) groups is 1. The summed E-state index contributed by atoms with van der Waals surface area (Å²) in [4.78, 5) is 12.6. The van der Waals surface area contributed by atoms with Gasteiger partial charge in [-0.15, -0.1) is 0 Å². The normalized spacial score (nSPS) is 24.1. The van der Waals surface area contributed by atoms with Crippen molar-refractivity contribution < 1.29 is 4.79 Å². The predicted octanol–water partition coefficient (Wildman–Crippen LogP) is 2.27. The van der Waals surface area contributed by atoms with Crippen molar-refractivity contribution in [2.75, 3.05) is 13.1 Å². The van der Waals surface area contributed by atoms with E-state index in [-0.39, 0.29) is 11.3 Å². The Balaban J connectivity index is 1.58. The Bertz CT molecular complexity index is 447. The van der Waals surface area contributed by atoms with Gasteiger partial charge in [-0.3, -0.25) is 4.79 Å². The zero-order valence-corrected chi connectivity index (χ0v) is 12.0. The second-order valence-corrected chi connectivity index (χ2v) is 6.30. The highest BCUT2D eigenvalue weighted by atomic mass is 16.2. The molecule has 3 nitrogen and oxygen atoms in total. The molecule has 108 valence electrons. The predicted molar refractivity (Wildman–Crippen MR) is 80.5 cm³/mol. The Kier molecular flexibility index (Phi) is 4.06. The van der Waals surface area contributed by atoms with Gasteiger partial charge in [-0.2, -0.15) is 0 Å². The molecule has 1 amide bonds. The van der Waals surface area contributed by atoms with Gasteiger partial charge in [0, 0.05) is 12.6 Å². The molecule has 0 radical (unpaired) electrons. The highest BCUT2D eigenvalue weighted by Crippen LogP contribution is 2.43. The minimum Gasteiger partial charge on any atom is -0.354 e. The van der Waals surface area contributed by atoms with Crippen molar-refractivity contribution in [1.29, 1.82) is 0 Å². The Labute approximate surface area is 121 Å². The lowest BCUT2D eigenvalue weighted by Crippen LogP contribution is -2.49. The van der Waals surface area contributed by atoms with Crippen LogP contribution in [-0.2, 0) is 11.2 Å². The van der Waals surface area contributed by atoms with E-state index in [0.717, 1.165) is 32.4 Å². The average molecular weight is 272 g/mol. The minimum atomic E-state index is -0.139. The molecule has 1 saturated heterocycles. The van der Waals surface area contributed by atoms with Crippen LogP contribution in [0.3, 0.4) is 0 Å². The lowest BCUT2D eigenvalue weighted by atomic mass is 9.64. The first kappa shape index (κ1) is 13.6. The summed E-state index contributed by atoms with van der Waals surface area (Å²) in [5.41, 5.74) is 1.14. The van der Waals surface area contributed by atoms with E-state index in [2.05, 4.69) is 34.9 Å². The Morgan fingerprint density at radius 1 is 1.25 bits per heavy atom. The lowest BCUT2D eigenvalue weighted by Gasteiger charge is -2.40. The topological polar surface area (TPSA) is 41.1 Å². The lowest BCUT2D eigenvalue weighted by molar-refractivity contribution is -0.136. The third-order valence-corrected chi connectivity index (χ3v) is 4.85. The molecule has 1 aliphatic heterocycles. The maximum Gasteiger partial charge on any atom is 0.226 e. The van der Waals surface area contributed by atoms with Crippen LogP contribution in [0.1, 0.15) is 37.7 Å². The molecule has 1 aromatic carbocycles. The zero-order valence-electron chi connectivity index (χ0n) is 12.0. The number of carbonyl (C=O) groups excluding carboxylic acids is 1. The summed E-state index contributed by atoms with van der Waals surface area (Å²) in [6, 6.07) is 10.9. The number of hydrogen-bond acceptors (Lipinski definition) is 2. The second kappa shape index (κ2) is 5.96. The van der Waals surface area contributed by atoms with Crippen LogP contribution >= 0.6 is 0 Å². The van der Waals surface area contributed by atoms with Crippen LogP contribution < -0.4 is 10.6 Å². The molecule has 1 heterocycles. The van der Waals surface area contributed by atoms with Crippen LogP contribution in [-0.4, -0.2) is 25.0 Å². The number of nitrogens with one attached hydrogen (secondary N) is 2. The fourth-order valence-corrected chi connectivity index (χ4v) is 3.41. The molecule has 3 rings (SSSR count). The first-order valence-corrected chi connectivity index (χ1v) is 7.84. The second-order valence-electron chi connectivity index (χ2n) is 6.30. The first-order valence-electron chi connectivity index (χ1n) is 7.84. The highest BCUT2D eigenvalue weighted by Gasteiger charge is 2.43. The Hall–Kier alpha value is -1.35. The standard InChI is InChI=1S/C17H24N2O/c20-16(19-13-15-8-4-11-18-15)17(9-5-10-17)12-14-6-2-1-3-7-14/h1-3,6-7,15,18H,4-5,8-13H2,(H,19,20). The van der Waals surface area contributed by atoms with Gasteiger partial charge in [-0.25, -0.2) is 0 Å². The molecular weight excluding hydrogens is 248 g/mol. The summed E-state index contributed by atoms with van der Waals surface area (Å²) in [5, 5.41) is 6.62. The third kappa shape index (κ3) is 2.88. The molecule has 0 spiro atoms. The molecule has 2 aliphatic rings. The summed E-state index contributed by atoms with van der Waals surface area (Å²) >= 11 is 0. The molecule has 1 unspecified atom stereocenters. The third-order valence-electron chi connectivity index (χ3n) is 4.85. The van der Waals surface area contributed by atoms with Crippen molar-refractivity contribution in [2.24, 2.45) is 5.41 Å². The Morgan fingerprint density at radius 2 is 2.05 bits per heavy atom. The highest BCUT2D eigenvalue weighted by molar-refractivity contribution is 5.83. The van der Waals surface area contributed by atoms with E-state index < -0.39 is 0 Å². The summed E-state index contributed by atoms with van der Waals surface area (Å²) in [6.45, 7) is 1.88. The molecule has 2 N–H and O–H groups in total. The number of hydrogen-bond donors (Lipinski definition) is 2. The molecular formula is C17H24N2O. The van der Waals surface area contributed by atoms with E-state index in [1.54, 1.807) is 0 Å². The van der Waals surface area contributed by atoms with Gasteiger partial charge in [0.1, 0.15) is 0 Å². The number of amides is 1. The summed E-state index contributed by atoms with van der Waals surface area (Å²) in [6.07, 6.45) is 6.55. The number of benzene rings is 1. The van der Waals surface area contributed by atoms with Crippen molar-refractivity contribution >= 4 is 5.91 Å². The van der Waals surface area contributed by atoms with Crippen molar-refractivity contribution in [1.82, 2.24) is 10.6 Å². The summed E-state index contributed by atoms with van der Waals surface area (Å²) in [5.74, 6) is 0.265. The zero-order chi connectivity index (χ0) is 13.8. The van der Waals surface area contributed by atoms with Crippen molar-refractivity contribution in [3.8, 4) is 0 Å². The molecule has 20 heavy (non-hydrogen) atoms. The molecule has 1 aromatic rings. The van der Waals surface area contributed by atoms with E-state index >= 15 is 0 Å². The van der Waals surface area contributed by atoms with Crippen LogP contribution in [0.5, 0.6) is 0 Å². The molecule has 3 heteroatoms. The van der Waals surface area contributed by atoms with Gasteiger partial charge in [-0.1, -0.05) is 36.8 Å². The van der Waals surface area contributed by atoms with E-state index in [1.165, 1.54) is 24.8 Å². The van der Waals surface area contributed by atoms with Gasteiger partial charge in [0.05, 0.1) is 5.41 Å². The van der Waals surface area contributed by atoms with Gasteiger partial charge in [-0.05, 0) is 44.2 Å². The van der Waals surface area contributed by atoms with E-state index in [0.29, 0.717) is 6.04 Å². The fraction of sp³-hybridized carbons (Fsp3) is 0.588. The van der Waals surface area contributed by atoms with Gasteiger partial charge in [0.15, 0.2) is 0 Å². The quantitative estimate of drug-likeness (QED) is 0.863. The molecule has 0 bridgehead atoms. The van der Waals surface area contributed by atoms with Crippen LogP contribution in [0.2, 0.25) is 0 Å². The van der Waals surface area contributed by atoms with Gasteiger partial charge < -0.3 is 10.6 Å². The van der Waals surface area contributed by atoms with Crippen molar-refractivity contribution in [3.05, 3.63) is 35.9 Å². The molecule has 1 saturated carbocycles. The summed E-state index contributed by atoms with van der Waals surface area (Å²) in [7, 11) is 0. The van der Waals surface area contributed by atoms with Crippen LogP contribution in [0.4, 0.5) is 0 Å². The largest absolute Gasteiger partial charge is 0.354 e. The van der Waals surface area contributed by atoms with Gasteiger partial charge in [0.2, 0.25) is 5.91 Å². The van der Waals surface area contributed by atoms with E-state index in [9.17, 15) is 4.79 Å². The molecule has 2 fully saturated rings. The first-order chi connectivity index (χ1) is 9.78. The van der Waals surface area contributed by atoms with Crippen LogP contribution in [0, 0.1) is 5.41 Å².